The van der Waals surface area contributed by atoms with Crippen LogP contribution in [0.1, 0.15) is 0 Å². The third-order valence-electron chi connectivity index (χ3n) is 11.3. The smallest absolute Gasteiger partial charge is 0.143 e. The van der Waals surface area contributed by atoms with E-state index in [9.17, 15) is 8.78 Å². The molecule has 0 fully saturated rings. The van der Waals surface area contributed by atoms with Crippen LogP contribution in [-0.4, -0.2) is 4.57 Å². The predicted molar refractivity (Wildman–Crippen MR) is 239 cm³/mol. The summed E-state index contributed by atoms with van der Waals surface area (Å²) in [7, 11) is 0. The van der Waals surface area contributed by atoms with E-state index in [4.69, 9.17) is 4.42 Å². The number of furan rings is 1. The van der Waals surface area contributed by atoms with Crippen molar-refractivity contribution in [2.45, 2.75) is 0 Å². The lowest BCUT2D eigenvalue weighted by atomic mass is 10.0. The number of benzene rings is 9. The molecular formula is C54H34F2N2O. The number of halogens is 2. The molecule has 0 amide bonds. The molecule has 0 bridgehead atoms. The molecule has 0 radical (unpaired) electrons. The summed E-state index contributed by atoms with van der Waals surface area (Å²) in [6, 6.07) is 68.5. The second kappa shape index (κ2) is 14.0. The molecule has 59 heavy (non-hydrogen) atoms. The maximum Gasteiger partial charge on any atom is 0.143 e. The fourth-order valence-electron chi connectivity index (χ4n) is 8.54. The Morgan fingerprint density at radius 2 is 0.932 bits per heavy atom. The molecule has 0 saturated heterocycles. The second-order valence-corrected chi connectivity index (χ2v) is 14.8. The van der Waals surface area contributed by atoms with E-state index in [-0.39, 0.29) is 11.6 Å². The van der Waals surface area contributed by atoms with Gasteiger partial charge in [-0.1, -0.05) is 115 Å². The number of rotatable bonds is 7. The van der Waals surface area contributed by atoms with Crippen LogP contribution in [0.15, 0.2) is 211 Å². The first-order valence-electron chi connectivity index (χ1n) is 19.6. The van der Waals surface area contributed by atoms with E-state index in [1.807, 2.05) is 36.4 Å². The van der Waals surface area contributed by atoms with E-state index in [0.717, 1.165) is 89.1 Å². The van der Waals surface area contributed by atoms with Crippen LogP contribution in [0.5, 0.6) is 0 Å². The van der Waals surface area contributed by atoms with Crippen molar-refractivity contribution in [3.63, 3.8) is 0 Å². The minimum absolute atomic E-state index is 0.358. The Bertz CT molecular complexity index is 3290. The van der Waals surface area contributed by atoms with Crippen molar-refractivity contribution in [1.82, 2.24) is 4.57 Å². The van der Waals surface area contributed by atoms with Gasteiger partial charge >= 0.3 is 0 Å². The Kier molecular flexibility index (Phi) is 8.19. The molecule has 0 atom stereocenters. The molecular weight excluding hydrogens is 731 g/mol. The highest BCUT2D eigenvalue weighted by atomic mass is 19.1. The molecule has 2 heterocycles. The summed E-state index contributed by atoms with van der Waals surface area (Å²) in [5, 5.41) is 3.55. The van der Waals surface area contributed by atoms with Crippen LogP contribution in [-0.2, 0) is 0 Å². The lowest BCUT2D eigenvalue weighted by Crippen LogP contribution is -2.10. The van der Waals surface area contributed by atoms with Crippen molar-refractivity contribution in [2.24, 2.45) is 0 Å². The van der Waals surface area contributed by atoms with Gasteiger partial charge in [-0.05, 0) is 119 Å². The van der Waals surface area contributed by atoms with Crippen molar-refractivity contribution in [2.75, 3.05) is 4.90 Å². The monoisotopic (exact) mass is 764 g/mol. The average molecular weight is 765 g/mol. The van der Waals surface area contributed by atoms with E-state index < -0.39 is 0 Å². The maximum atomic E-state index is 14.5. The topological polar surface area (TPSA) is 21.3 Å². The molecule has 0 aliphatic carbocycles. The third-order valence-corrected chi connectivity index (χ3v) is 11.3. The van der Waals surface area contributed by atoms with Crippen molar-refractivity contribution < 1.29 is 13.2 Å². The van der Waals surface area contributed by atoms with Crippen LogP contribution in [0.25, 0.3) is 82.8 Å². The summed E-state index contributed by atoms with van der Waals surface area (Å²) in [5.41, 5.74) is 13.8. The summed E-state index contributed by atoms with van der Waals surface area (Å²) >= 11 is 0. The van der Waals surface area contributed by atoms with Gasteiger partial charge in [0.15, 0.2) is 0 Å². The number of anilines is 3. The average Bonchev–Trinajstić information content (AvgIpc) is 3.83. The van der Waals surface area contributed by atoms with E-state index in [0.29, 0.717) is 10.8 Å². The van der Waals surface area contributed by atoms with Gasteiger partial charge in [0, 0.05) is 49.9 Å². The van der Waals surface area contributed by atoms with E-state index >= 15 is 0 Å². The van der Waals surface area contributed by atoms with Gasteiger partial charge in [0.1, 0.15) is 22.8 Å². The van der Waals surface area contributed by atoms with Gasteiger partial charge in [0.25, 0.3) is 0 Å². The van der Waals surface area contributed by atoms with Gasteiger partial charge in [0.05, 0.1) is 11.0 Å². The predicted octanol–water partition coefficient (Wildman–Crippen LogP) is 15.4. The van der Waals surface area contributed by atoms with Crippen molar-refractivity contribution in [3.05, 3.63) is 218 Å². The van der Waals surface area contributed by atoms with Crippen molar-refractivity contribution in [3.8, 4) is 39.1 Å². The lowest BCUT2D eigenvalue weighted by molar-refractivity contribution is 0.628. The van der Waals surface area contributed by atoms with E-state index in [1.165, 1.54) is 24.3 Å². The molecule has 9 aromatic carbocycles. The number of nitrogens with zero attached hydrogens (tertiary/aromatic N) is 2. The SMILES string of the molecule is Fc1ccc2c(c1)c1cc(F)ccc1n2-c1cccc(-c2cccc(N(c3ccc(-c4ccccc4)cc3)c3ccc(-c4cccc5c4oc4ccccc45)cc3)c2)c1. The van der Waals surface area contributed by atoms with Gasteiger partial charge < -0.3 is 13.9 Å². The van der Waals surface area contributed by atoms with Gasteiger partial charge in [-0.3, -0.25) is 0 Å². The van der Waals surface area contributed by atoms with Crippen molar-refractivity contribution in [1.29, 1.82) is 0 Å². The number of hydrogen-bond donors (Lipinski definition) is 0. The van der Waals surface area contributed by atoms with Gasteiger partial charge in [0.2, 0.25) is 0 Å². The van der Waals surface area contributed by atoms with E-state index in [1.54, 1.807) is 12.1 Å². The number of hydrogen-bond acceptors (Lipinski definition) is 2. The third kappa shape index (κ3) is 6.03. The zero-order chi connectivity index (χ0) is 39.5. The Balaban J connectivity index is 1.01. The Hall–Kier alpha value is -7.76. The fourth-order valence-corrected chi connectivity index (χ4v) is 8.54. The highest BCUT2D eigenvalue weighted by Gasteiger charge is 2.18. The number of fused-ring (bicyclic) bond motifs is 6. The molecule has 0 N–H and O–H groups in total. The summed E-state index contributed by atoms with van der Waals surface area (Å²) in [4.78, 5) is 2.28. The molecule has 0 aliphatic rings. The molecule has 11 rings (SSSR count). The lowest BCUT2D eigenvalue weighted by Gasteiger charge is -2.26. The van der Waals surface area contributed by atoms with E-state index in [2.05, 4.69) is 143 Å². The van der Waals surface area contributed by atoms with Crippen LogP contribution in [0.2, 0.25) is 0 Å². The first-order chi connectivity index (χ1) is 29.1. The molecule has 11 aromatic rings. The van der Waals surface area contributed by atoms with Gasteiger partial charge in [-0.15, -0.1) is 0 Å². The summed E-state index contributed by atoms with van der Waals surface area (Å²) in [6.45, 7) is 0. The Morgan fingerprint density at radius 1 is 0.373 bits per heavy atom. The number of para-hydroxylation sites is 2. The largest absolute Gasteiger partial charge is 0.455 e. The minimum Gasteiger partial charge on any atom is -0.455 e. The minimum atomic E-state index is -0.358. The zero-order valence-corrected chi connectivity index (χ0v) is 31.7. The Morgan fingerprint density at radius 3 is 1.64 bits per heavy atom. The van der Waals surface area contributed by atoms with Crippen LogP contribution in [0.3, 0.4) is 0 Å². The number of aromatic nitrogens is 1. The molecule has 3 nitrogen and oxygen atoms in total. The van der Waals surface area contributed by atoms with Gasteiger partial charge in [-0.25, -0.2) is 8.78 Å². The zero-order valence-electron chi connectivity index (χ0n) is 31.7. The highest BCUT2D eigenvalue weighted by molar-refractivity contribution is 6.10. The van der Waals surface area contributed by atoms with Crippen LogP contribution < -0.4 is 4.90 Å². The highest BCUT2D eigenvalue weighted by Crippen LogP contribution is 2.41. The van der Waals surface area contributed by atoms with Crippen LogP contribution in [0.4, 0.5) is 25.8 Å². The molecule has 2 aromatic heterocycles. The summed E-state index contributed by atoms with van der Waals surface area (Å²) in [6.07, 6.45) is 0. The normalized spacial score (nSPS) is 11.6. The molecule has 0 spiro atoms. The first kappa shape index (κ1) is 34.5. The molecule has 0 saturated carbocycles. The summed E-state index contributed by atoms with van der Waals surface area (Å²) in [5.74, 6) is -0.715. The quantitative estimate of drug-likeness (QED) is 0.161. The molecule has 5 heteroatoms. The van der Waals surface area contributed by atoms with Crippen LogP contribution >= 0.6 is 0 Å². The van der Waals surface area contributed by atoms with Gasteiger partial charge in [-0.2, -0.15) is 0 Å². The molecule has 0 unspecified atom stereocenters. The molecule has 0 aliphatic heterocycles. The standard InChI is InChI=1S/C54H34F2N2O/c55-40-23-29-51-49(33-40)50-34-41(56)24-30-52(50)58(51)45-14-7-12-39(32-45)38-11-6-13-44(31-38)57(42-25-19-36(20-26-42)35-9-2-1-3-10-35)43-27-21-37(22-28-43)46-16-8-17-48-47-15-4-5-18-53(47)59-54(46)48/h1-34H. The molecule has 280 valence electrons. The fraction of sp³-hybridized carbons (Fsp3) is 0. The van der Waals surface area contributed by atoms with Crippen LogP contribution in [0, 0.1) is 11.6 Å². The maximum absolute atomic E-state index is 14.5. The first-order valence-corrected chi connectivity index (χ1v) is 19.6. The second-order valence-electron chi connectivity index (χ2n) is 14.8. The van der Waals surface area contributed by atoms with Crippen molar-refractivity contribution >= 4 is 60.8 Å². The summed E-state index contributed by atoms with van der Waals surface area (Å²) < 4.78 is 37.4. The Labute approximate surface area is 339 Å².